The molecule has 1 aliphatic rings. The van der Waals surface area contributed by atoms with Gasteiger partial charge in [-0.05, 0) is 6.92 Å². The van der Waals surface area contributed by atoms with Crippen molar-refractivity contribution in [3.63, 3.8) is 0 Å². The molecule has 7 nitrogen and oxygen atoms in total. The van der Waals surface area contributed by atoms with Gasteiger partial charge in [-0.3, -0.25) is 9.59 Å². The Kier molecular flexibility index (Phi) is 12.6. The number of amides is 2. The van der Waals surface area contributed by atoms with E-state index in [1.807, 2.05) is 0 Å². The topological polar surface area (TPSA) is 85.9 Å². The third-order valence-corrected chi connectivity index (χ3v) is 6.04. The first-order valence-corrected chi connectivity index (χ1v) is 12.3. The third kappa shape index (κ3) is 8.72. The van der Waals surface area contributed by atoms with Gasteiger partial charge in [-0.1, -0.05) is 0 Å². The van der Waals surface area contributed by atoms with Crippen molar-refractivity contribution in [2.24, 2.45) is 0 Å². The highest BCUT2D eigenvalue weighted by molar-refractivity contribution is 5.76. The molecule has 2 atom stereocenters. The maximum Gasteiger partial charge on any atom is 0.460 e. The van der Waals surface area contributed by atoms with Crippen LogP contribution in [-0.4, -0.2) is 98.1 Å². The zero-order chi connectivity index (χ0) is 36.4. The Morgan fingerprint density at radius 3 is 1.13 bits per heavy atom. The predicted octanol–water partition coefficient (Wildman–Crippen LogP) is 5.82. The highest BCUT2D eigenvalue weighted by Gasteiger charge is 2.82. The van der Waals surface area contributed by atoms with Gasteiger partial charge in [0.2, 0.25) is 11.8 Å². The molecule has 0 aromatic heterocycles. The Morgan fingerprint density at radius 1 is 0.565 bits per heavy atom. The molecular weight excluding hydrogens is 702 g/mol. The van der Waals surface area contributed by atoms with Crippen molar-refractivity contribution in [1.29, 1.82) is 0 Å². The first-order valence-electron chi connectivity index (χ1n) is 12.3. The highest BCUT2D eigenvalue weighted by Crippen LogP contribution is 2.55. The summed E-state index contributed by atoms with van der Waals surface area (Å²) < 4.78 is 248. The molecule has 2 unspecified atom stereocenters. The monoisotopic (exact) mass is 724 g/mol. The van der Waals surface area contributed by atoms with Gasteiger partial charge >= 0.3 is 47.9 Å². The van der Waals surface area contributed by atoms with Gasteiger partial charge in [0.05, 0.1) is 0 Å². The van der Waals surface area contributed by atoms with Crippen LogP contribution in [0.15, 0.2) is 0 Å². The summed E-state index contributed by atoms with van der Waals surface area (Å²) in [5, 5.41) is 3.48. The molecule has 46 heavy (non-hydrogen) atoms. The number of ether oxygens (including phenoxy) is 3. The molecule has 0 saturated carbocycles. The predicted molar refractivity (Wildman–Crippen MR) is 111 cm³/mol. The van der Waals surface area contributed by atoms with Crippen LogP contribution in [0.25, 0.3) is 0 Å². The molecular formula is C21H22F18N2O5. The molecule has 2 amide bonds. The molecule has 1 rings (SSSR count). The maximum atomic E-state index is 13.6. The minimum absolute atomic E-state index is 0.152. The largest absolute Gasteiger partial charge is 0.460 e. The summed E-state index contributed by atoms with van der Waals surface area (Å²) in [4.78, 5) is 23.7. The van der Waals surface area contributed by atoms with E-state index in [1.165, 1.54) is 6.92 Å². The zero-order valence-corrected chi connectivity index (χ0v) is 22.5. The molecule has 0 bridgehead atoms. The summed E-state index contributed by atoms with van der Waals surface area (Å²) in [5.41, 5.74) is 0. The fourth-order valence-electron chi connectivity index (χ4n) is 3.34. The number of carbonyl (C=O) groups is 2. The van der Waals surface area contributed by atoms with E-state index in [0.717, 1.165) is 0 Å². The standard InChI is InChI=1S/C21H22F18N2O5/c1-2-44-13-45-9(7-40-11(42)3-5-14(22,23)16(26,27)18(30,31)20(34,35)36)10(46-13)8-41-12(43)4-6-15(24,25)17(28,29)19(32,33)21(37,38)39/h9-10,13H,2-8H2,1H3,(H,40,42)(H,41,43). The van der Waals surface area contributed by atoms with Gasteiger partial charge in [-0.2, -0.15) is 79.0 Å². The second-order valence-corrected chi connectivity index (χ2v) is 9.40. The number of hydrogen-bond acceptors (Lipinski definition) is 5. The molecule has 1 saturated heterocycles. The smallest absolute Gasteiger partial charge is 0.353 e. The van der Waals surface area contributed by atoms with E-state index in [4.69, 9.17) is 14.2 Å². The summed E-state index contributed by atoms with van der Waals surface area (Å²) in [6.07, 6.45) is -25.8. The molecule has 0 radical (unpaired) electrons. The van der Waals surface area contributed by atoms with Crippen molar-refractivity contribution >= 4 is 11.8 Å². The number of alkyl halides is 18. The first-order chi connectivity index (χ1) is 20.4. The highest BCUT2D eigenvalue weighted by atomic mass is 19.4. The zero-order valence-electron chi connectivity index (χ0n) is 22.5. The average molecular weight is 724 g/mol. The minimum Gasteiger partial charge on any atom is -0.353 e. The van der Waals surface area contributed by atoms with E-state index >= 15 is 0 Å². The first kappa shape index (κ1) is 41.6. The Bertz CT molecular complexity index is 971. The summed E-state index contributed by atoms with van der Waals surface area (Å²) in [6.45, 7) is -2.16. The van der Waals surface area contributed by atoms with Gasteiger partial charge in [0.1, 0.15) is 12.2 Å². The van der Waals surface area contributed by atoms with Crippen LogP contribution in [-0.2, 0) is 23.8 Å². The fraction of sp³-hybridized carbons (Fsp3) is 0.905. The van der Waals surface area contributed by atoms with Crippen LogP contribution in [0.5, 0.6) is 0 Å². The molecule has 0 aromatic rings. The second kappa shape index (κ2) is 14.0. The number of carbonyl (C=O) groups excluding carboxylic acids is 2. The number of hydrogen-bond donors (Lipinski definition) is 2. The minimum atomic E-state index is -7.19. The molecule has 272 valence electrons. The average Bonchev–Trinajstić information content (AvgIpc) is 3.28. The van der Waals surface area contributed by atoms with Gasteiger partial charge in [0, 0.05) is 45.4 Å². The van der Waals surface area contributed by atoms with Crippen molar-refractivity contribution in [3.05, 3.63) is 0 Å². The van der Waals surface area contributed by atoms with Gasteiger partial charge in [-0.15, -0.1) is 0 Å². The molecule has 1 heterocycles. The van der Waals surface area contributed by atoms with Gasteiger partial charge in [0.25, 0.3) is 6.48 Å². The summed E-state index contributed by atoms with van der Waals surface area (Å²) in [5.74, 6) is -43.7. The van der Waals surface area contributed by atoms with Crippen LogP contribution in [0, 0.1) is 0 Å². The summed E-state index contributed by atoms with van der Waals surface area (Å²) in [6, 6.07) is 0. The van der Waals surface area contributed by atoms with Crippen LogP contribution in [0.1, 0.15) is 32.6 Å². The lowest BCUT2D eigenvalue weighted by Crippen LogP contribution is -2.61. The lowest BCUT2D eigenvalue weighted by molar-refractivity contribution is -0.396. The molecule has 25 heteroatoms. The molecule has 0 spiro atoms. The Balaban J connectivity index is 2.80. The van der Waals surface area contributed by atoms with Crippen LogP contribution >= 0.6 is 0 Å². The van der Waals surface area contributed by atoms with Gasteiger partial charge in [-0.25, -0.2) is 0 Å². The van der Waals surface area contributed by atoms with Crippen LogP contribution in [0.3, 0.4) is 0 Å². The molecule has 1 fully saturated rings. The van der Waals surface area contributed by atoms with Crippen molar-refractivity contribution in [1.82, 2.24) is 10.6 Å². The van der Waals surface area contributed by atoms with E-state index < -0.39 is 117 Å². The normalized spacial score (nSPS) is 21.0. The lowest BCUT2D eigenvalue weighted by Gasteiger charge is -2.33. The summed E-state index contributed by atoms with van der Waals surface area (Å²) >= 11 is 0. The van der Waals surface area contributed by atoms with E-state index in [0.29, 0.717) is 0 Å². The quantitative estimate of drug-likeness (QED) is 0.196. The van der Waals surface area contributed by atoms with Crippen molar-refractivity contribution in [2.75, 3.05) is 19.7 Å². The molecule has 0 aliphatic carbocycles. The van der Waals surface area contributed by atoms with E-state index in [9.17, 15) is 88.6 Å². The van der Waals surface area contributed by atoms with Crippen molar-refractivity contribution in [2.45, 2.75) is 99.2 Å². The van der Waals surface area contributed by atoms with E-state index in [2.05, 4.69) is 0 Å². The lowest BCUT2D eigenvalue weighted by atomic mass is 9.99. The van der Waals surface area contributed by atoms with E-state index in [-0.39, 0.29) is 6.61 Å². The Labute approximate surface area is 245 Å². The number of rotatable bonds is 16. The SMILES string of the molecule is CCOC1OC(CNC(=O)CCC(F)(F)C(F)(F)C(F)(F)C(F)(F)F)C(CNC(=O)CCC(F)(F)C(F)(F)C(F)(F)C(F)(F)F)O1. The number of halogens is 18. The fourth-order valence-corrected chi connectivity index (χ4v) is 3.34. The van der Waals surface area contributed by atoms with E-state index in [1.54, 1.807) is 10.6 Å². The van der Waals surface area contributed by atoms with Gasteiger partial charge in [0.15, 0.2) is 0 Å². The second-order valence-electron chi connectivity index (χ2n) is 9.40. The maximum absolute atomic E-state index is 13.6. The van der Waals surface area contributed by atoms with Crippen molar-refractivity contribution < 1.29 is 103 Å². The molecule has 2 N–H and O–H groups in total. The Hall–Kier alpha value is -2.44. The third-order valence-electron chi connectivity index (χ3n) is 6.04. The van der Waals surface area contributed by atoms with Gasteiger partial charge < -0.3 is 24.8 Å². The van der Waals surface area contributed by atoms with Crippen LogP contribution < -0.4 is 10.6 Å². The summed E-state index contributed by atoms with van der Waals surface area (Å²) in [7, 11) is 0. The van der Waals surface area contributed by atoms with Crippen LogP contribution in [0.2, 0.25) is 0 Å². The Morgan fingerprint density at radius 2 is 0.870 bits per heavy atom. The molecule has 1 aliphatic heterocycles. The number of nitrogens with one attached hydrogen (secondary N) is 2. The van der Waals surface area contributed by atoms with Crippen LogP contribution in [0.4, 0.5) is 79.0 Å². The van der Waals surface area contributed by atoms with Crippen molar-refractivity contribution in [3.8, 4) is 0 Å². The molecule has 0 aromatic carbocycles.